The number of rotatable bonds is 4. The average molecular weight is 374 g/mol. The number of carbonyl (C=O) groups excluding carboxylic acids is 1. The number of thiazole rings is 1. The van der Waals surface area contributed by atoms with Gasteiger partial charge in [-0.3, -0.25) is 5.32 Å². The third-order valence-electron chi connectivity index (χ3n) is 3.48. The maximum absolute atomic E-state index is 12.1. The van der Waals surface area contributed by atoms with E-state index >= 15 is 0 Å². The molecule has 0 atom stereocenters. The fraction of sp³-hybridized carbons (Fsp3) is 0.111. The number of carbonyl (C=O) groups is 1. The second-order valence-electron chi connectivity index (χ2n) is 5.24. The highest BCUT2D eigenvalue weighted by atomic mass is 35.5. The van der Waals surface area contributed by atoms with Crippen molar-refractivity contribution >= 4 is 39.8 Å². The Morgan fingerprint density at radius 2 is 1.76 bits per heavy atom. The Kier molecular flexibility index (Phi) is 5.21. The molecule has 0 spiro atoms. The molecule has 1 aromatic heterocycles. The number of aryl methyl sites for hydroxylation is 1. The summed E-state index contributed by atoms with van der Waals surface area (Å²) in [7, 11) is 1.63. The Balaban J connectivity index is 1.71. The molecule has 0 fully saturated rings. The summed E-state index contributed by atoms with van der Waals surface area (Å²) < 4.78 is 5.17. The number of aromatic nitrogens is 1. The number of ether oxygens (including phenoxy) is 1. The number of benzene rings is 2. The van der Waals surface area contributed by atoms with Gasteiger partial charge in [0.05, 0.1) is 12.8 Å². The summed E-state index contributed by atoms with van der Waals surface area (Å²) in [5.74, 6) is 0.789. The van der Waals surface area contributed by atoms with Crippen molar-refractivity contribution in [3.8, 4) is 17.0 Å². The van der Waals surface area contributed by atoms with E-state index in [9.17, 15) is 4.79 Å². The standard InChI is InChI=1S/C18H16ClN3O2S/c1-11-16(12-3-9-15(24-2)10-4-12)21-18(25-11)22-17(23)20-14-7-5-13(19)6-8-14/h3-10H,1-2H3,(H2,20,21,22,23). The lowest BCUT2D eigenvalue weighted by Gasteiger charge is -2.05. The van der Waals surface area contributed by atoms with Crippen LogP contribution in [0.25, 0.3) is 11.3 Å². The van der Waals surface area contributed by atoms with Gasteiger partial charge in [-0.1, -0.05) is 11.6 Å². The molecule has 3 aromatic rings. The Morgan fingerprint density at radius 3 is 2.40 bits per heavy atom. The second kappa shape index (κ2) is 7.55. The zero-order valence-electron chi connectivity index (χ0n) is 13.7. The summed E-state index contributed by atoms with van der Waals surface area (Å²) in [6.07, 6.45) is 0. The van der Waals surface area contributed by atoms with E-state index in [1.54, 1.807) is 31.4 Å². The van der Waals surface area contributed by atoms with Crippen LogP contribution >= 0.6 is 22.9 Å². The normalized spacial score (nSPS) is 10.4. The fourth-order valence-electron chi connectivity index (χ4n) is 2.26. The Bertz CT molecular complexity index is 876. The number of hydrogen-bond donors (Lipinski definition) is 2. The minimum atomic E-state index is -0.350. The molecular weight excluding hydrogens is 358 g/mol. The smallest absolute Gasteiger partial charge is 0.325 e. The molecule has 2 amide bonds. The van der Waals surface area contributed by atoms with E-state index in [0.717, 1.165) is 21.9 Å². The monoisotopic (exact) mass is 373 g/mol. The summed E-state index contributed by atoms with van der Waals surface area (Å²) in [5.41, 5.74) is 2.47. The van der Waals surface area contributed by atoms with Crippen molar-refractivity contribution in [2.24, 2.45) is 0 Å². The van der Waals surface area contributed by atoms with Crippen LogP contribution in [-0.2, 0) is 0 Å². The molecule has 0 unspecified atom stereocenters. The average Bonchev–Trinajstić information content (AvgIpc) is 2.97. The van der Waals surface area contributed by atoms with Crippen LogP contribution in [0.3, 0.4) is 0 Å². The van der Waals surface area contributed by atoms with Crippen LogP contribution in [0.1, 0.15) is 4.88 Å². The van der Waals surface area contributed by atoms with Crippen LogP contribution in [0, 0.1) is 6.92 Å². The molecule has 7 heteroatoms. The van der Waals surface area contributed by atoms with Gasteiger partial charge < -0.3 is 10.1 Å². The van der Waals surface area contributed by atoms with Crippen molar-refractivity contribution in [2.45, 2.75) is 6.92 Å². The minimum absolute atomic E-state index is 0.350. The Labute approximate surface area is 154 Å². The third kappa shape index (κ3) is 4.29. The van der Waals surface area contributed by atoms with Crippen molar-refractivity contribution in [1.29, 1.82) is 0 Å². The first-order valence-electron chi connectivity index (χ1n) is 7.50. The highest BCUT2D eigenvalue weighted by Crippen LogP contribution is 2.31. The van der Waals surface area contributed by atoms with Crippen LogP contribution in [-0.4, -0.2) is 18.1 Å². The summed E-state index contributed by atoms with van der Waals surface area (Å²) in [6.45, 7) is 1.97. The van der Waals surface area contributed by atoms with Gasteiger partial charge in [0.25, 0.3) is 0 Å². The van der Waals surface area contributed by atoms with Gasteiger partial charge >= 0.3 is 6.03 Å². The van der Waals surface area contributed by atoms with Crippen LogP contribution in [0.4, 0.5) is 15.6 Å². The Hall–Kier alpha value is -2.57. The van der Waals surface area contributed by atoms with Gasteiger partial charge in [-0.15, -0.1) is 11.3 Å². The summed E-state index contributed by atoms with van der Waals surface area (Å²) in [4.78, 5) is 17.6. The predicted octanol–water partition coefficient (Wildman–Crippen LogP) is 5.42. The van der Waals surface area contributed by atoms with Crippen LogP contribution < -0.4 is 15.4 Å². The number of amides is 2. The number of nitrogens with one attached hydrogen (secondary N) is 2. The topological polar surface area (TPSA) is 63.2 Å². The molecule has 0 saturated heterocycles. The van der Waals surface area contributed by atoms with Gasteiger partial charge in [-0.05, 0) is 55.5 Å². The highest BCUT2D eigenvalue weighted by molar-refractivity contribution is 7.16. The zero-order valence-corrected chi connectivity index (χ0v) is 15.2. The van der Waals surface area contributed by atoms with Gasteiger partial charge in [0.15, 0.2) is 5.13 Å². The third-order valence-corrected chi connectivity index (χ3v) is 4.62. The maximum Gasteiger partial charge on any atom is 0.325 e. The molecule has 25 heavy (non-hydrogen) atoms. The van der Waals surface area contributed by atoms with Crippen molar-refractivity contribution in [2.75, 3.05) is 17.7 Å². The molecule has 0 bridgehead atoms. The van der Waals surface area contributed by atoms with E-state index < -0.39 is 0 Å². The molecule has 1 heterocycles. The molecule has 0 aliphatic heterocycles. The molecule has 5 nitrogen and oxygen atoms in total. The van der Waals surface area contributed by atoms with Crippen molar-refractivity contribution in [1.82, 2.24) is 4.98 Å². The molecule has 0 aliphatic carbocycles. The summed E-state index contributed by atoms with van der Waals surface area (Å²) in [5, 5.41) is 6.65. The van der Waals surface area contributed by atoms with E-state index in [0.29, 0.717) is 15.8 Å². The lowest BCUT2D eigenvalue weighted by atomic mass is 10.1. The molecule has 2 aromatic carbocycles. The Morgan fingerprint density at radius 1 is 1.08 bits per heavy atom. The lowest BCUT2D eigenvalue weighted by Crippen LogP contribution is -2.19. The van der Waals surface area contributed by atoms with Gasteiger partial charge in [-0.25, -0.2) is 9.78 Å². The van der Waals surface area contributed by atoms with Gasteiger partial charge in [0.1, 0.15) is 5.75 Å². The minimum Gasteiger partial charge on any atom is -0.497 e. The second-order valence-corrected chi connectivity index (χ2v) is 6.88. The fourth-order valence-corrected chi connectivity index (χ4v) is 3.22. The highest BCUT2D eigenvalue weighted by Gasteiger charge is 2.12. The van der Waals surface area contributed by atoms with Crippen molar-refractivity contribution < 1.29 is 9.53 Å². The number of anilines is 2. The van der Waals surface area contributed by atoms with Gasteiger partial charge in [0, 0.05) is 21.2 Å². The van der Waals surface area contributed by atoms with Crippen LogP contribution in [0.2, 0.25) is 5.02 Å². The first-order valence-corrected chi connectivity index (χ1v) is 8.70. The first-order chi connectivity index (χ1) is 12.0. The van der Waals surface area contributed by atoms with E-state index in [2.05, 4.69) is 15.6 Å². The summed E-state index contributed by atoms with van der Waals surface area (Å²) in [6, 6.07) is 14.2. The quantitative estimate of drug-likeness (QED) is 0.641. The van der Waals surface area contributed by atoms with Crippen molar-refractivity contribution in [3.05, 3.63) is 58.4 Å². The van der Waals surface area contributed by atoms with E-state index in [4.69, 9.17) is 16.3 Å². The predicted molar refractivity (Wildman–Crippen MR) is 103 cm³/mol. The van der Waals surface area contributed by atoms with E-state index in [1.165, 1.54) is 11.3 Å². The van der Waals surface area contributed by atoms with Crippen LogP contribution in [0.15, 0.2) is 48.5 Å². The maximum atomic E-state index is 12.1. The molecule has 2 N–H and O–H groups in total. The van der Waals surface area contributed by atoms with Crippen molar-refractivity contribution in [3.63, 3.8) is 0 Å². The molecule has 0 radical (unpaired) electrons. The molecule has 3 rings (SSSR count). The molecule has 0 aliphatic rings. The summed E-state index contributed by atoms with van der Waals surface area (Å²) >= 11 is 7.26. The first kappa shape index (κ1) is 17.3. The molecule has 0 saturated carbocycles. The van der Waals surface area contributed by atoms with E-state index in [-0.39, 0.29) is 6.03 Å². The van der Waals surface area contributed by atoms with Crippen LogP contribution in [0.5, 0.6) is 5.75 Å². The SMILES string of the molecule is COc1ccc(-c2nc(NC(=O)Nc3ccc(Cl)cc3)sc2C)cc1. The van der Waals surface area contributed by atoms with E-state index in [1.807, 2.05) is 31.2 Å². The number of nitrogens with zero attached hydrogens (tertiary/aromatic N) is 1. The van der Waals surface area contributed by atoms with Gasteiger partial charge in [-0.2, -0.15) is 0 Å². The largest absolute Gasteiger partial charge is 0.497 e. The van der Waals surface area contributed by atoms with Gasteiger partial charge in [0.2, 0.25) is 0 Å². The molecular formula is C18H16ClN3O2S. The molecule has 128 valence electrons. The lowest BCUT2D eigenvalue weighted by molar-refractivity contribution is 0.262. The number of urea groups is 1. The number of halogens is 1. The zero-order chi connectivity index (χ0) is 17.8. The number of methoxy groups -OCH3 is 1. The number of hydrogen-bond acceptors (Lipinski definition) is 4.